The molecular formula is C8H10N2O2S. The van der Waals surface area contributed by atoms with Crippen LogP contribution in [0.5, 0.6) is 0 Å². The van der Waals surface area contributed by atoms with Crippen molar-refractivity contribution in [1.82, 2.24) is 9.55 Å². The molecule has 0 spiro atoms. The Hall–Kier alpha value is -0.970. The van der Waals surface area contributed by atoms with Crippen molar-refractivity contribution in [3.63, 3.8) is 0 Å². The molecule has 0 amide bonds. The van der Waals surface area contributed by atoms with E-state index in [2.05, 4.69) is 4.98 Å². The molecule has 1 fully saturated rings. The van der Waals surface area contributed by atoms with Crippen LogP contribution in [0.25, 0.3) is 0 Å². The molecule has 1 saturated carbocycles. The second-order valence-electron chi connectivity index (χ2n) is 3.04. The van der Waals surface area contributed by atoms with Crippen LogP contribution in [-0.4, -0.2) is 26.9 Å². The standard InChI is InChI=1S/C8H10N2O2S/c1-13-8-9-4-6(7(11)12)10(8)5-2-3-5/h4-5H,2-3H2,1H3,(H,11,12). The zero-order valence-corrected chi connectivity index (χ0v) is 8.04. The highest BCUT2D eigenvalue weighted by Gasteiger charge is 2.30. The molecule has 0 aromatic carbocycles. The number of aromatic nitrogens is 2. The van der Waals surface area contributed by atoms with Crippen molar-refractivity contribution in [1.29, 1.82) is 0 Å². The molecule has 13 heavy (non-hydrogen) atoms. The summed E-state index contributed by atoms with van der Waals surface area (Å²) in [5, 5.41) is 9.69. The maximum absolute atomic E-state index is 10.8. The van der Waals surface area contributed by atoms with Crippen LogP contribution in [0.2, 0.25) is 0 Å². The lowest BCUT2D eigenvalue weighted by atomic mass is 10.4. The van der Waals surface area contributed by atoms with Gasteiger partial charge in [-0.2, -0.15) is 0 Å². The minimum Gasteiger partial charge on any atom is -0.477 e. The molecule has 1 aliphatic rings. The summed E-state index contributed by atoms with van der Waals surface area (Å²) in [5.41, 5.74) is 0.312. The van der Waals surface area contributed by atoms with Crippen LogP contribution in [0.15, 0.2) is 11.4 Å². The molecule has 2 rings (SSSR count). The Labute approximate surface area is 80.0 Å². The smallest absolute Gasteiger partial charge is 0.354 e. The number of thioether (sulfide) groups is 1. The number of carboxylic acids is 1. The maximum Gasteiger partial charge on any atom is 0.354 e. The van der Waals surface area contributed by atoms with E-state index in [1.54, 1.807) is 0 Å². The molecule has 1 aromatic rings. The molecule has 5 heteroatoms. The van der Waals surface area contributed by atoms with Gasteiger partial charge in [-0.25, -0.2) is 9.78 Å². The molecule has 1 N–H and O–H groups in total. The van der Waals surface area contributed by atoms with Gasteiger partial charge in [0.15, 0.2) is 5.16 Å². The Morgan fingerprint density at radius 1 is 1.77 bits per heavy atom. The maximum atomic E-state index is 10.8. The summed E-state index contributed by atoms with van der Waals surface area (Å²) < 4.78 is 1.83. The number of nitrogens with zero attached hydrogens (tertiary/aromatic N) is 2. The minimum atomic E-state index is -0.889. The Morgan fingerprint density at radius 3 is 2.92 bits per heavy atom. The third-order valence-corrected chi connectivity index (χ3v) is 2.74. The zero-order valence-electron chi connectivity index (χ0n) is 7.23. The van der Waals surface area contributed by atoms with Crippen molar-refractivity contribution in [3.8, 4) is 0 Å². The quantitative estimate of drug-likeness (QED) is 0.750. The zero-order chi connectivity index (χ0) is 9.42. The molecule has 1 heterocycles. The van der Waals surface area contributed by atoms with E-state index in [1.807, 2.05) is 10.8 Å². The number of imidazole rings is 1. The predicted molar refractivity (Wildman–Crippen MR) is 49.2 cm³/mol. The van der Waals surface area contributed by atoms with Crippen molar-refractivity contribution >= 4 is 17.7 Å². The van der Waals surface area contributed by atoms with Crippen molar-refractivity contribution in [3.05, 3.63) is 11.9 Å². The fraction of sp³-hybridized carbons (Fsp3) is 0.500. The average molecular weight is 198 g/mol. The van der Waals surface area contributed by atoms with Crippen molar-refractivity contribution in [2.24, 2.45) is 0 Å². The number of hydrogen-bond acceptors (Lipinski definition) is 3. The fourth-order valence-corrected chi connectivity index (χ4v) is 1.94. The molecule has 4 nitrogen and oxygen atoms in total. The normalized spacial score (nSPS) is 16.1. The van der Waals surface area contributed by atoms with E-state index in [-0.39, 0.29) is 0 Å². The van der Waals surface area contributed by atoms with Crippen molar-refractivity contribution < 1.29 is 9.90 Å². The van der Waals surface area contributed by atoms with Crippen molar-refractivity contribution in [2.45, 2.75) is 24.0 Å². The Kier molecular flexibility index (Phi) is 2.03. The molecular weight excluding hydrogens is 188 g/mol. The van der Waals surface area contributed by atoms with E-state index in [0.29, 0.717) is 11.7 Å². The molecule has 0 aliphatic heterocycles. The number of carboxylic acid groups (broad SMARTS) is 1. The van der Waals surface area contributed by atoms with Gasteiger partial charge in [0.05, 0.1) is 6.20 Å². The molecule has 0 radical (unpaired) electrons. The molecule has 0 saturated heterocycles. The lowest BCUT2D eigenvalue weighted by molar-refractivity contribution is 0.0684. The van der Waals surface area contributed by atoms with Crippen molar-refractivity contribution in [2.75, 3.05) is 6.26 Å². The van der Waals surface area contributed by atoms with E-state index < -0.39 is 5.97 Å². The van der Waals surface area contributed by atoms with E-state index >= 15 is 0 Å². The fourth-order valence-electron chi connectivity index (χ4n) is 1.34. The van der Waals surface area contributed by atoms with Gasteiger partial charge in [-0.3, -0.25) is 0 Å². The van der Waals surface area contributed by atoms with Gasteiger partial charge in [-0.15, -0.1) is 0 Å². The molecule has 0 atom stereocenters. The largest absolute Gasteiger partial charge is 0.477 e. The summed E-state index contributed by atoms with van der Waals surface area (Å²) in [4.78, 5) is 14.9. The highest BCUT2D eigenvalue weighted by atomic mass is 32.2. The van der Waals surface area contributed by atoms with E-state index in [9.17, 15) is 4.79 Å². The van der Waals surface area contributed by atoms with Crippen LogP contribution in [0, 0.1) is 0 Å². The Morgan fingerprint density at radius 2 is 2.46 bits per heavy atom. The number of hydrogen-bond donors (Lipinski definition) is 1. The van der Waals surface area contributed by atoms with Gasteiger partial charge < -0.3 is 9.67 Å². The van der Waals surface area contributed by atoms with Gasteiger partial charge in [-0.1, -0.05) is 11.8 Å². The number of rotatable bonds is 3. The van der Waals surface area contributed by atoms with Crippen LogP contribution in [0.4, 0.5) is 0 Å². The Balaban J connectivity index is 2.44. The van der Waals surface area contributed by atoms with Crippen LogP contribution in [-0.2, 0) is 0 Å². The summed E-state index contributed by atoms with van der Waals surface area (Å²) in [5.74, 6) is -0.889. The topological polar surface area (TPSA) is 55.1 Å². The highest BCUT2D eigenvalue weighted by molar-refractivity contribution is 7.98. The summed E-state index contributed by atoms with van der Waals surface area (Å²) >= 11 is 1.49. The predicted octanol–water partition coefficient (Wildman–Crippen LogP) is 1.64. The Bertz CT molecular complexity index is 344. The molecule has 0 unspecified atom stereocenters. The van der Waals surface area contributed by atoms with Crippen LogP contribution in [0.3, 0.4) is 0 Å². The minimum absolute atomic E-state index is 0.312. The van der Waals surface area contributed by atoms with Gasteiger partial charge >= 0.3 is 5.97 Å². The second-order valence-corrected chi connectivity index (χ2v) is 3.81. The summed E-state index contributed by atoms with van der Waals surface area (Å²) in [6.07, 6.45) is 5.49. The first-order valence-corrected chi connectivity index (χ1v) is 5.31. The second kappa shape index (κ2) is 3.06. The molecule has 1 aromatic heterocycles. The van der Waals surface area contributed by atoms with Gasteiger partial charge in [0.2, 0.25) is 0 Å². The van der Waals surface area contributed by atoms with E-state index in [1.165, 1.54) is 18.0 Å². The number of carbonyl (C=O) groups is 1. The third-order valence-electron chi connectivity index (χ3n) is 2.08. The molecule has 70 valence electrons. The number of aromatic carboxylic acids is 1. The lowest BCUT2D eigenvalue weighted by Crippen LogP contribution is -2.07. The van der Waals surface area contributed by atoms with E-state index in [0.717, 1.165) is 18.0 Å². The first-order chi connectivity index (χ1) is 6.24. The highest BCUT2D eigenvalue weighted by Crippen LogP contribution is 2.38. The first-order valence-electron chi connectivity index (χ1n) is 4.08. The van der Waals surface area contributed by atoms with Gasteiger partial charge in [0.25, 0.3) is 0 Å². The monoisotopic (exact) mass is 198 g/mol. The summed E-state index contributed by atoms with van der Waals surface area (Å²) in [7, 11) is 0. The summed E-state index contributed by atoms with van der Waals surface area (Å²) in [6, 6.07) is 0.371. The van der Waals surface area contributed by atoms with Crippen LogP contribution >= 0.6 is 11.8 Å². The third kappa shape index (κ3) is 1.44. The average Bonchev–Trinajstić information content (AvgIpc) is 2.84. The van der Waals surface area contributed by atoms with Gasteiger partial charge in [0, 0.05) is 6.04 Å². The SMILES string of the molecule is CSc1ncc(C(=O)O)n1C1CC1. The van der Waals surface area contributed by atoms with Gasteiger partial charge in [-0.05, 0) is 19.1 Å². The lowest BCUT2D eigenvalue weighted by Gasteiger charge is -2.05. The van der Waals surface area contributed by atoms with E-state index in [4.69, 9.17) is 5.11 Å². The van der Waals surface area contributed by atoms with Crippen LogP contribution in [0.1, 0.15) is 29.4 Å². The summed E-state index contributed by atoms with van der Waals surface area (Å²) in [6.45, 7) is 0. The van der Waals surface area contributed by atoms with Gasteiger partial charge in [0.1, 0.15) is 5.69 Å². The first kappa shape index (κ1) is 8.62. The molecule has 0 bridgehead atoms. The van der Waals surface area contributed by atoms with Crippen LogP contribution < -0.4 is 0 Å². The molecule has 1 aliphatic carbocycles.